The standard InChI is InChI=1S/C16H23ClN2/c1-19(9-13-8-11-5-6-12(13)7-11)10-14-15(17)3-2-4-16(14)18/h2-4,11-13H,5-10,18H2,1H3. The third-order valence-corrected chi connectivity index (χ3v) is 5.37. The Morgan fingerprint density at radius 2 is 2.16 bits per heavy atom. The fourth-order valence-electron chi connectivity index (χ4n) is 4.08. The van der Waals surface area contributed by atoms with Crippen LogP contribution in [0.15, 0.2) is 18.2 Å². The molecule has 0 amide bonds. The molecule has 2 bridgehead atoms. The number of fused-ring (bicyclic) bond motifs is 2. The molecule has 0 heterocycles. The molecule has 0 spiro atoms. The van der Waals surface area contributed by atoms with Crippen LogP contribution in [0, 0.1) is 17.8 Å². The predicted molar refractivity (Wildman–Crippen MR) is 81.1 cm³/mol. The molecule has 0 saturated heterocycles. The quantitative estimate of drug-likeness (QED) is 0.849. The molecule has 3 atom stereocenters. The largest absolute Gasteiger partial charge is 0.398 e. The first-order valence-electron chi connectivity index (χ1n) is 7.35. The van der Waals surface area contributed by atoms with Gasteiger partial charge in [0.1, 0.15) is 0 Å². The maximum absolute atomic E-state index is 6.25. The smallest absolute Gasteiger partial charge is 0.0471 e. The molecule has 2 fully saturated rings. The number of benzene rings is 1. The van der Waals surface area contributed by atoms with E-state index in [1.807, 2.05) is 18.2 Å². The molecule has 0 radical (unpaired) electrons. The van der Waals surface area contributed by atoms with E-state index in [9.17, 15) is 0 Å². The Morgan fingerprint density at radius 3 is 2.79 bits per heavy atom. The molecule has 3 rings (SSSR count). The van der Waals surface area contributed by atoms with E-state index in [-0.39, 0.29) is 0 Å². The summed E-state index contributed by atoms with van der Waals surface area (Å²) in [6, 6.07) is 5.78. The molecule has 3 unspecified atom stereocenters. The lowest BCUT2D eigenvalue weighted by atomic mass is 9.88. The van der Waals surface area contributed by atoms with Crippen molar-refractivity contribution in [2.45, 2.75) is 32.2 Å². The number of rotatable bonds is 4. The van der Waals surface area contributed by atoms with E-state index in [1.165, 1.54) is 32.2 Å². The molecular weight excluding hydrogens is 256 g/mol. The van der Waals surface area contributed by atoms with E-state index in [4.69, 9.17) is 17.3 Å². The normalized spacial score (nSPS) is 29.3. The second-order valence-corrected chi connectivity index (χ2v) is 6.85. The van der Waals surface area contributed by atoms with Gasteiger partial charge in [0.25, 0.3) is 0 Å². The fraction of sp³-hybridized carbons (Fsp3) is 0.625. The van der Waals surface area contributed by atoms with Crippen molar-refractivity contribution in [3.63, 3.8) is 0 Å². The lowest BCUT2D eigenvalue weighted by molar-refractivity contribution is 0.215. The van der Waals surface area contributed by atoms with Gasteiger partial charge in [-0.05, 0) is 56.2 Å². The van der Waals surface area contributed by atoms with Crippen LogP contribution >= 0.6 is 11.6 Å². The van der Waals surface area contributed by atoms with Crippen molar-refractivity contribution in [2.75, 3.05) is 19.3 Å². The molecule has 19 heavy (non-hydrogen) atoms. The highest BCUT2D eigenvalue weighted by Gasteiger charge is 2.39. The lowest BCUT2D eigenvalue weighted by Crippen LogP contribution is -2.28. The van der Waals surface area contributed by atoms with Gasteiger partial charge >= 0.3 is 0 Å². The number of anilines is 1. The van der Waals surface area contributed by atoms with Crippen molar-refractivity contribution in [3.05, 3.63) is 28.8 Å². The van der Waals surface area contributed by atoms with Gasteiger partial charge in [0, 0.05) is 29.4 Å². The van der Waals surface area contributed by atoms with Crippen molar-refractivity contribution < 1.29 is 0 Å². The highest BCUT2D eigenvalue weighted by Crippen LogP contribution is 2.48. The first kappa shape index (κ1) is 13.3. The van der Waals surface area contributed by atoms with Crippen LogP contribution in [0.25, 0.3) is 0 Å². The van der Waals surface area contributed by atoms with Gasteiger partial charge in [-0.1, -0.05) is 24.1 Å². The maximum Gasteiger partial charge on any atom is 0.0471 e. The zero-order valence-electron chi connectivity index (χ0n) is 11.6. The molecule has 104 valence electrons. The predicted octanol–water partition coefficient (Wildman–Crippen LogP) is 3.79. The Morgan fingerprint density at radius 1 is 1.32 bits per heavy atom. The van der Waals surface area contributed by atoms with Gasteiger partial charge in [-0.3, -0.25) is 0 Å². The number of hydrogen-bond acceptors (Lipinski definition) is 2. The molecule has 2 nitrogen and oxygen atoms in total. The summed E-state index contributed by atoms with van der Waals surface area (Å²) >= 11 is 6.25. The molecule has 1 aromatic rings. The minimum absolute atomic E-state index is 0.791. The minimum atomic E-state index is 0.791. The van der Waals surface area contributed by atoms with Crippen molar-refractivity contribution in [3.8, 4) is 0 Å². The van der Waals surface area contributed by atoms with E-state index in [0.29, 0.717) is 0 Å². The highest BCUT2D eigenvalue weighted by atomic mass is 35.5. The molecule has 2 saturated carbocycles. The Labute approximate surface area is 120 Å². The van der Waals surface area contributed by atoms with E-state index < -0.39 is 0 Å². The molecule has 0 aliphatic heterocycles. The second-order valence-electron chi connectivity index (χ2n) is 6.44. The summed E-state index contributed by atoms with van der Waals surface area (Å²) in [5.74, 6) is 2.90. The Bertz CT molecular complexity index is 440. The molecule has 3 heteroatoms. The minimum Gasteiger partial charge on any atom is -0.398 e. The van der Waals surface area contributed by atoms with E-state index in [0.717, 1.165) is 40.6 Å². The van der Waals surface area contributed by atoms with Gasteiger partial charge in [0.2, 0.25) is 0 Å². The number of nitrogens with two attached hydrogens (primary N) is 1. The molecule has 2 aliphatic carbocycles. The first-order chi connectivity index (χ1) is 9.13. The summed E-state index contributed by atoms with van der Waals surface area (Å²) in [6.45, 7) is 2.05. The topological polar surface area (TPSA) is 29.3 Å². The van der Waals surface area contributed by atoms with Crippen molar-refractivity contribution in [1.82, 2.24) is 4.90 Å². The lowest BCUT2D eigenvalue weighted by Gasteiger charge is -2.27. The van der Waals surface area contributed by atoms with Gasteiger partial charge in [-0.2, -0.15) is 0 Å². The van der Waals surface area contributed by atoms with Crippen molar-refractivity contribution in [1.29, 1.82) is 0 Å². The Kier molecular flexibility index (Phi) is 3.72. The number of nitrogens with zero attached hydrogens (tertiary/aromatic N) is 1. The molecule has 1 aromatic carbocycles. The summed E-state index contributed by atoms with van der Waals surface area (Å²) < 4.78 is 0. The fourth-order valence-corrected chi connectivity index (χ4v) is 4.32. The molecule has 2 aliphatic rings. The summed E-state index contributed by atoms with van der Waals surface area (Å²) in [5, 5.41) is 0.791. The number of hydrogen-bond donors (Lipinski definition) is 1. The third-order valence-electron chi connectivity index (χ3n) is 5.01. The number of nitrogen functional groups attached to an aromatic ring is 1. The Hall–Kier alpha value is -0.730. The first-order valence-corrected chi connectivity index (χ1v) is 7.72. The summed E-state index contributed by atoms with van der Waals surface area (Å²) in [6.07, 6.45) is 5.85. The van der Waals surface area contributed by atoms with Crippen LogP contribution < -0.4 is 5.73 Å². The van der Waals surface area contributed by atoms with Crippen molar-refractivity contribution in [2.24, 2.45) is 17.8 Å². The van der Waals surface area contributed by atoms with Crippen molar-refractivity contribution >= 4 is 17.3 Å². The third kappa shape index (κ3) is 2.75. The molecular formula is C16H23ClN2. The van der Waals surface area contributed by atoms with Crippen LogP contribution in [0.1, 0.15) is 31.2 Å². The molecule has 0 aromatic heterocycles. The van der Waals surface area contributed by atoms with E-state index in [1.54, 1.807) is 0 Å². The second kappa shape index (κ2) is 5.34. The zero-order valence-corrected chi connectivity index (χ0v) is 12.4. The van der Waals surface area contributed by atoms with Crippen LogP contribution in [0.4, 0.5) is 5.69 Å². The SMILES string of the molecule is CN(Cc1c(N)cccc1Cl)CC1CC2CCC1C2. The monoisotopic (exact) mass is 278 g/mol. The summed E-state index contributed by atoms with van der Waals surface area (Å²) in [4.78, 5) is 2.39. The Balaban J connectivity index is 1.61. The average Bonchev–Trinajstić information content (AvgIpc) is 2.96. The van der Waals surface area contributed by atoms with Gasteiger partial charge in [0.05, 0.1) is 0 Å². The van der Waals surface area contributed by atoms with Gasteiger partial charge in [-0.15, -0.1) is 0 Å². The average molecular weight is 279 g/mol. The summed E-state index contributed by atoms with van der Waals surface area (Å²) in [7, 11) is 2.19. The van der Waals surface area contributed by atoms with E-state index in [2.05, 4.69) is 11.9 Å². The van der Waals surface area contributed by atoms with Crippen LogP contribution in [0.2, 0.25) is 5.02 Å². The summed E-state index contributed by atoms with van der Waals surface area (Å²) in [5.41, 5.74) is 7.92. The van der Waals surface area contributed by atoms with Gasteiger partial charge in [0.15, 0.2) is 0 Å². The zero-order chi connectivity index (χ0) is 13.4. The maximum atomic E-state index is 6.25. The highest BCUT2D eigenvalue weighted by molar-refractivity contribution is 6.31. The van der Waals surface area contributed by atoms with Crippen LogP contribution in [0.3, 0.4) is 0 Å². The van der Waals surface area contributed by atoms with Crippen LogP contribution in [-0.4, -0.2) is 18.5 Å². The van der Waals surface area contributed by atoms with E-state index >= 15 is 0 Å². The number of halogens is 1. The van der Waals surface area contributed by atoms with Crippen LogP contribution in [0.5, 0.6) is 0 Å². The molecule has 2 N–H and O–H groups in total. The van der Waals surface area contributed by atoms with Crippen LogP contribution in [-0.2, 0) is 6.54 Å². The van der Waals surface area contributed by atoms with Gasteiger partial charge in [-0.25, -0.2) is 0 Å². The van der Waals surface area contributed by atoms with Gasteiger partial charge < -0.3 is 10.6 Å².